The van der Waals surface area contributed by atoms with Crippen LogP contribution in [0.3, 0.4) is 0 Å². The van der Waals surface area contributed by atoms with Gasteiger partial charge in [0.1, 0.15) is 0 Å². The van der Waals surface area contributed by atoms with Crippen molar-refractivity contribution in [2.45, 2.75) is 10.8 Å². The molecule has 5 aromatic rings. The Morgan fingerprint density at radius 2 is 0.891 bits per heavy atom. The molecule has 1 saturated carbocycles. The number of rotatable bonds is 6. The van der Waals surface area contributed by atoms with Crippen molar-refractivity contribution < 1.29 is 24.3 Å². The number of carboxylic acids is 1. The number of ketones is 1. The minimum Gasteiger partial charge on any atom is -0.478 e. The summed E-state index contributed by atoms with van der Waals surface area (Å²) in [5.74, 6) is -4.34. The average Bonchev–Trinajstić information content (AvgIpc) is 3.62. The summed E-state index contributed by atoms with van der Waals surface area (Å²) in [5, 5.41) is 9.49. The first-order valence-electron chi connectivity index (χ1n) is 15.2. The molecule has 4 atom stereocenters. The lowest BCUT2D eigenvalue weighted by atomic mass is 9.59. The summed E-state index contributed by atoms with van der Waals surface area (Å²) in [6.45, 7) is 0. The number of imide groups is 1. The number of carbonyl (C=O) groups excluding carboxylic acids is 3. The molecule has 3 aliphatic rings. The van der Waals surface area contributed by atoms with Crippen LogP contribution in [0.1, 0.15) is 32.6 Å². The van der Waals surface area contributed by atoms with Gasteiger partial charge in [-0.25, -0.2) is 9.69 Å². The predicted octanol–water partition coefficient (Wildman–Crippen LogP) is 6.57. The molecule has 6 nitrogen and oxygen atoms in total. The number of aromatic carboxylic acids is 1. The van der Waals surface area contributed by atoms with Crippen molar-refractivity contribution in [2.75, 3.05) is 4.90 Å². The highest BCUT2D eigenvalue weighted by molar-refractivity contribution is 6.39. The summed E-state index contributed by atoms with van der Waals surface area (Å²) >= 11 is 0. The maximum Gasteiger partial charge on any atom is 0.335 e. The van der Waals surface area contributed by atoms with E-state index in [2.05, 4.69) is 0 Å². The number of allylic oxidation sites excluding steroid dienone is 2. The average molecular weight is 602 g/mol. The number of benzene rings is 5. The quantitative estimate of drug-likeness (QED) is 0.222. The number of Topliss-reactive ketones (excluding diaryl/α,β-unsaturated/α-hetero) is 1. The molecule has 0 spiro atoms. The molecule has 5 aromatic carbocycles. The monoisotopic (exact) mass is 601 g/mol. The first kappa shape index (κ1) is 27.7. The summed E-state index contributed by atoms with van der Waals surface area (Å²) < 4.78 is 0. The van der Waals surface area contributed by atoms with E-state index in [0.29, 0.717) is 11.1 Å². The van der Waals surface area contributed by atoms with Gasteiger partial charge in [0.2, 0.25) is 11.8 Å². The maximum absolute atomic E-state index is 15.8. The maximum atomic E-state index is 15.8. The van der Waals surface area contributed by atoms with Crippen molar-refractivity contribution in [1.82, 2.24) is 0 Å². The van der Waals surface area contributed by atoms with Crippen LogP contribution in [0.25, 0.3) is 11.1 Å². The molecule has 1 N–H and O–H groups in total. The normalized spacial score (nSPS) is 24.9. The van der Waals surface area contributed by atoms with Crippen LogP contribution in [-0.2, 0) is 25.2 Å². The van der Waals surface area contributed by atoms with E-state index in [9.17, 15) is 19.5 Å². The van der Waals surface area contributed by atoms with Gasteiger partial charge in [-0.15, -0.1) is 0 Å². The van der Waals surface area contributed by atoms with Crippen LogP contribution in [-0.4, -0.2) is 28.7 Å². The van der Waals surface area contributed by atoms with Crippen LogP contribution in [0, 0.1) is 11.8 Å². The second kappa shape index (κ2) is 10.1. The molecule has 6 heteroatoms. The van der Waals surface area contributed by atoms with Gasteiger partial charge < -0.3 is 5.11 Å². The number of fused-ring (bicyclic) bond motifs is 5. The fraction of sp³-hybridized carbons (Fsp3) is 0.100. The third kappa shape index (κ3) is 3.41. The highest BCUT2D eigenvalue weighted by Gasteiger charge is 2.82. The van der Waals surface area contributed by atoms with E-state index in [0.717, 1.165) is 22.3 Å². The molecule has 2 bridgehead atoms. The van der Waals surface area contributed by atoms with Gasteiger partial charge >= 0.3 is 5.97 Å². The zero-order chi connectivity index (χ0) is 31.6. The molecule has 1 saturated heterocycles. The molecule has 2 fully saturated rings. The standard InChI is InChI=1S/C40H27NO5/c42-35-33-34(36(43)41(35)30-23-21-27(22-24-30)37(44)45)40(29-19-11-4-12-20-29)32(26-15-7-2-8-16-26)31(25-13-5-1-6-14-25)39(33,38(40)46)28-17-9-3-10-18-28/h1-24,33-34H,(H,44,45)/t33-,34-,39-,40+/m1/s1. The molecule has 2 aliphatic carbocycles. The molecule has 222 valence electrons. The zero-order valence-electron chi connectivity index (χ0n) is 24.5. The smallest absolute Gasteiger partial charge is 0.335 e. The Morgan fingerprint density at radius 1 is 0.522 bits per heavy atom. The predicted molar refractivity (Wildman–Crippen MR) is 174 cm³/mol. The van der Waals surface area contributed by atoms with E-state index in [1.165, 1.54) is 29.2 Å². The van der Waals surface area contributed by atoms with Crippen molar-refractivity contribution in [3.63, 3.8) is 0 Å². The second-order valence-corrected chi connectivity index (χ2v) is 12.0. The Balaban J connectivity index is 1.52. The Bertz CT molecular complexity index is 1950. The van der Waals surface area contributed by atoms with Gasteiger partial charge in [0.25, 0.3) is 0 Å². The van der Waals surface area contributed by atoms with E-state index in [1.807, 2.05) is 121 Å². The van der Waals surface area contributed by atoms with Gasteiger partial charge in [0.15, 0.2) is 5.78 Å². The SMILES string of the molecule is O=C(O)c1ccc(N2C(=O)[C@H]3[C@H](C2=O)[C@]2(c4ccccc4)C(=O)[C@@]3(c3ccccc3)C(c3ccccc3)=C2c2ccccc2)cc1. The Labute approximate surface area is 265 Å². The second-order valence-electron chi connectivity index (χ2n) is 12.0. The number of hydrogen-bond acceptors (Lipinski definition) is 4. The van der Waals surface area contributed by atoms with Crippen LogP contribution in [0.5, 0.6) is 0 Å². The minimum absolute atomic E-state index is 0.0409. The molecule has 0 aromatic heterocycles. The Kier molecular flexibility index (Phi) is 6.06. The molecule has 1 aliphatic heterocycles. The first-order chi connectivity index (χ1) is 22.4. The van der Waals surface area contributed by atoms with E-state index < -0.39 is 40.4 Å². The summed E-state index contributed by atoms with van der Waals surface area (Å²) in [6, 6.07) is 43.9. The fourth-order valence-electron chi connectivity index (χ4n) is 8.34. The first-order valence-corrected chi connectivity index (χ1v) is 15.2. The Morgan fingerprint density at radius 3 is 1.26 bits per heavy atom. The Hall–Kier alpha value is -5.88. The van der Waals surface area contributed by atoms with Crippen molar-refractivity contribution in [2.24, 2.45) is 11.8 Å². The van der Waals surface area contributed by atoms with Gasteiger partial charge in [0.05, 0.1) is 33.9 Å². The molecule has 1 heterocycles. The largest absolute Gasteiger partial charge is 0.478 e. The third-order valence-electron chi connectivity index (χ3n) is 9.95. The van der Waals surface area contributed by atoms with Gasteiger partial charge in [-0.3, -0.25) is 14.4 Å². The molecular weight excluding hydrogens is 574 g/mol. The van der Waals surface area contributed by atoms with E-state index in [1.54, 1.807) is 0 Å². The zero-order valence-corrected chi connectivity index (χ0v) is 24.5. The van der Waals surface area contributed by atoms with Crippen LogP contribution in [0.15, 0.2) is 146 Å². The van der Waals surface area contributed by atoms with E-state index in [4.69, 9.17) is 0 Å². The molecule has 0 unspecified atom stereocenters. The fourth-order valence-corrected chi connectivity index (χ4v) is 8.34. The molecule has 46 heavy (non-hydrogen) atoms. The van der Waals surface area contributed by atoms with Gasteiger partial charge in [0, 0.05) is 0 Å². The molecule has 2 amide bonds. The third-order valence-corrected chi connectivity index (χ3v) is 9.95. The van der Waals surface area contributed by atoms with Gasteiger partial charge in [-0.1, -0.05) is 121 Å². The van der Waals surface area contributed by atoms with Crippen molar-refractivity contribution in [1.29, 1.82) is 0 Å². The van der Waals surface area contributed by atoms with Crippen molar-refractivity contribution in [3.8, 4) is 0 Å². The summed E-state index contributed by atoms with van der Waals surface area (Å²) in [5.41, 5.74) is 1.71. The summed E-state index contributed by atoms with van der Waals surface area (Å²) in [6.07, 6.45) is 0. The van der Waals surface area contributed by atoms with Gasteiger partial charge in [-0.2, -0.15) is 0 Å². The molecule has 8 rings (SSSR count). The van der Waals surface area contributed by atoms with Crippen molar-refractivity contribution >= 4 is 40.4 Å². The lowest BCUT2D eigenvalue weighted by Gasteiger charge is -2.39. The number of anilines is 1. The van der Waals surface area contributed by atoms with E-state index in [-0.39, 0.29) is 17.0 Å². The lowest BCUT2D eigenvalue weighted by molar-refractivity contribution is -0.130. The van der Waals surface area contributed by atoms with Crippen molar-refractivity contribution in [3.05, 3.63) is 173 Å². The number of carbonyl (C=O) groups is 4. The summed E-state index contributed by atoms with van der Waals surface area (Å²) in [7, 11) is 0. The highest BCUT2D eigenvalue weighted by atomic mass is 16.4. The van der Waals surface area contributed by atoms with Crippen LogP contribution >= 0.6 is 0 Å². The minimum atomic E-state index is -1.49. The van der Waals surface area contributed by atoms with Crippen LogP contribution < -0.4 is 4.90 Å². The topological polar surface area (TPSA) is 91.8 Å². The lowest BCUT2D eigenvalue weighted by Crippen LogP contribution is -2.45. The number of carboxylic acid groups (broad SMARTS) is 1. The number of amides is 2. The number of nitrogens with zero attached hydrogens (tertiary/aromatic N) is 1. The number of hydrogen-bond donors (Lipinski definition) is 1. The highest BCUT2D eigenvalue weighted by Crippen LogP contribution is 2.74. The van der Waals surface area contributed by atoms with Crippen LogP contribution in [0.4, 0.5) is 5.69 Å². The van der Waals surface area contributed by atoms with Gasteiger partial charge in [-0.05, 0) is 57.7 Å². The van der Waals surface area contributed by atoms with E-state index >= 15 is 4.79 Å². The van der Waals surface area contributed by atoms with Crippen LogP contribution in [0.2, 0.25) is 0 Å². The molecule has 0 radical (unpaired) electrons. The molecular formula is C40H27NO5. The summed E-state index contributed by atoms with van der Waals surface area (Å²) in [4.78, 5) is 58.5.